The molecule has 1 aliphatic carbocycles. The van der Waals surface area contributed by atoms with Gasteiger partial charge in [-0.1, -0.05) is 24.2 Å². The van der Waals surface area contributed by atoms with E-state index in [-0.39, 0.29) is 5.56 Å². The molecule has 0 amide bonds. The Hall–Kier alpha value is -1.90. The first-order chi connectivity index (χ1) is 7.86. The second-order valence-electron chi connectivity index (χ2n) is 2.47. The van der Waals surface area contributed by atoms with E-state index in [1.807, 2.05) is 0 Å². The molecule has 0 radical (unpaired) electrons. The van der Waals surface area contributed by atoms with E-state index in [4.69, 9.17) is 5.48 Å². The first kappa shape index (κ1) is 4.37. The normalized spacial score (nSPS) is 19.5. The number of fused-ring (bicyclic) bond motifs is 1. The van der Waals surface area contributed by atoms with Crippen LogP contribution in [0.3, 0.4) is 0 Å². The zero-order valence-corrected chi connectivity index (χ0v) is 6.34. The zero-order chi connectivity index (χ0) is 12.9. The summed E-state index contributed by atoms with van der Waals surface area (Å²) in [6.45, 7) is 0. The first-order valence-corrected chi connectivity index (χ1v) is 3.46. The zero-order valence-electron chi connectivity index (χ0n) is 10.3. The fourth-order valence-corrected chi connectivity index (χ4v) is 1.06. The fourth-order valence-electron chi connectivity index (χ4n) is 1.06. The summed E-state index contributed by atoms with van der Waals surface area (Å²) in [6, 6.07) is -2.31. The highest BCUT2D eigenvalue weighted by Crippen LogP contribution is 2.22. The van der Waals surface area contributed by atoms with Gasteiger partial charge in [-0.3, -0.25) is 9.59 Å². The molecule has 1 aromatic rings. The van der Waals surface area contributed by atoms with Gasteiger partial charge in [-0.15, -0.1) is 0 Å². The Labute approximate surface area is 79.9 Å². The third kappa shape index (κ3) is 1.05. The Balaban J connectivity index is 2.96. The van der Waals surface area contributed by atoms with Crippen LogP contribution in [-0.2, 0) is 4.79 Å². The van der Waals surface area contributed by atoms with Crippen LogP contribution in [0.5, 0.6) is 0 Å². The molecular weight excluding hydrogens is 168 g/mol. The van der Waals surface area contributed by atoms with Gasteiger partial charge >= 0.3 is 0 Å². The Bertz CT molecular complexity index is 604. The molecule has 3 nitrogen and oxygen atoms in total. The monoisotopic (exact) mass is 178 g/mol. The molecule has 3 heteroatoms. The van der Waals surface area contributed by atoms with Crippen molar-refractivity contribution in [2.24, 2.45) is 0 Å². The quantitative estimate of drug-likeness (QED) is 0.610. The maximum Gasteiger partial charge on any atom is 0.233 e. The number of aliphatic hydroxyl groups is 1. The molecule has 1 N–H and O–H groups in total. The van der Waals surface area contributed by atoms with Gasteiger partial charge in [0.15, 0.2) is 0 Å². The van der Waals surface area contributed by atoms with Crippen LogP contribution in [0.2, 0.25) is 0 Å². The van der Waals surface area contributed by atoms with Crippen LogP contribution in [0.15, 0.2) is 30.2 Å². The molecule has 64 valence electrons. The van der Waals surface area contributed by atoms with E-state index in [9.17, 15) is 14.7 Å². The highest BCUT2D eigenvalue weighted by molar-refractivity contribution is 6.50. The number of hydrogen-bond donors (Lipinski definition) is 1. The molecule has 0 saturated heterocycles. The second kappa shape index (κ2) is 2.55. The molecule has 0 spiro atoms. The SMILES string of the molecule is [2H]c1c([2H])c([2H])c2c(c1[2H])C(=O)C(=O)C=C2O. The summed E-state index contributed by atoms with van der Waals surface area (Å²) in [5.41, 5.74) is -0.790. The van der Waals surface area contributed by atoms with Gasteiger partial charge in [-0.05, 0) is 0 Å². The van der Waals surface area contributed by atoms with Crippen LogP contribution in [-0.4, -0.2) is 16.7 Å². The lowest BCUT2D eigenvalue weighted by Crippen LogP contribution is -2.18. The van der Waals surface area contributed by atoms with Crippen LogP contribution in [0.1, 0.15) is 21.4 Å². The standard InChI is InChI=1S/C10H6O3/c11-8-5-9(12)10(13)7-4-2-1-3-6(7)8/h1-5,11H/i1D,2D,3D,4D. The van der Waals surface area contributed by atoms with Crippen molar-refractivity contribution >= 4 is 17.3 Å². The van der Waals surface area contributed by atoms with Crippen LogP contribution < -0.4 is 0 Å². The lowest BCUT2D eigenvalue weighted by atomic mass is 9.94. The minimum atomic E-state index is -1.04. The molecule has 0 fully saturated rings. The summed E-state index contributed by atoms with van der Waals surface area (Å²) in [6.07, 6.45) is 0.658. The summed E-state index contributed by atoms with van der Waals surface area (Å²) < 4.78 is 29.8. The van der Waals surface area contributed by atoms with E-state index in [2.05, 4.69) is 0 Å². The van der Waals surface area contributed by atoms with Crippen LogP contribution in [0.4, 0.5) is 0 Å². The minimum Gasteiger partial charge on any atom is -0.507 e. The predicted molar refractivity (Wildman–Crippen MR) is 46.4 cm³/mol. The van der Waals surface area contributed by atoms with Gasteiger partial charge in [0.05, 0.1) is 5.48 Å². The van der Waals surface area contributed by atoms with Crippen molar-refractivity contribution in [2.75, 3.05) is 0 Å². The number of carbonyl (C=O) groups is 2. The van der Waals surface area contributed by atoms with Crippen molar-refractivity contribution in [1.29, 1.82) is 0 Å². The Morgan fingerprint density at radius 3 is 2.46 bits per heavy atom. The first-order valence-electron chi connectivity index (χ1n) is 5.46. The molecule has 0 aliphatic heterocycles. The van der Waals surface area contributed by atoms with E-state index in [0.29, 0.717) is 6.08 Å². The summed E-state index contributed by atoms with van der Waals surface area (Å²) in [5.74, 6) is -2.65. The van der Waals surface area contributed by atoms with Crippen molar-refractivity contribution < 1.29 is 20.2 Å². The van der Waals surface area contributed by atoms with Crippen molar-refractivity contribution in [3.05, 3.63) is 41.4 Å². The average Bonchev–Trinajstić information content (AvgIpc) is 2.28. The van der Waals surface area contributed by atoms with Crippen molar-refractivity contribution in [2.45, 2.75) is 0 Å². The number of aliphatic hydroxyl groups excluding tert-OH is 1. The summed E-state index contributed by atoms with van der Waals surface area (Å²) in [7, 11) is 0. The van der Waals surface area contributed by atoms with Crippen LogP contribution >= 0.6 is 0 Å². The number of hydrogen-bond acceptors (Lipinski definition) is 3. The van der Waals surface area contributed by atoms with Gasteiger partial charge < -0.3 is 5.11 Å². The van der Waals surface area contributed by atoms with Gasteiger partial charge in [-0.25, -0.2) is 0 Å². The van der Waals surface area contributed by atoms with E-state index in [1.165, 1.54) is 0 Å². The minimum absolute atomic E-state index is 0.319. The molecule has 0 bridgehead atoms. The Morgan fingerprint density at radius 2 is 1.77 bits per heavy atom. The van der Waals surface area contributed by atoms with Crippen LogP contribution in [0.25, 0.3) is 5.76 Å². The van der Waals surface area contributed by atoms with Crippen LogP contribution in [0, 0.1) is 0 Å². The summed E-state index contributed by atoms with van der Waals surface area (Å²) >= 11 is 0. The third-order valence-corrected chi connectivity index (χ3v) is 1.66. The predicted octanol–water partition coefficient (Wildman–Crippen LogP) is 1.35. The number of ketones is 2. The Morgan fingerprint density at radius 1 is 1.15 bits per heavy atom. The second-order valence-corrected chi connectivity index (χ2v) is 2.47. The Kier molecular flexibility index (Phi) is 0.858. The summed E-state index contributed by atoms with van der Waals surface area (Å²) in [4.78, 5) is 22.7. The molecule has 1 aliphatic rings. The molecule has 0 unspecified atom stereocenters. The van der Waals surface area contributed by atoms with Crippen molar-refractivity contribution in [1.82, 2.24) is 0 Å². The van der Waals surface area contributed by atoms with Gasteiger partial charge in [0.1, 0.15) is 5.76 Å². The van der Waals surface area contributed by atoms with Gasteiger partial charge in [0.25, 0.3) is 0 Å². The maximum absolute atomic E-state index is 11.5. The van der Waals surface area contributed by atoms with Crippen molar-refractivity contribution in [3.63, 3.8) is 0 Å². The van der Waals surface area contributed by atoms with E-state index < -0.39 is 47.1 Å². The molecule has 0 saturated carbocycles. The number of allylic oxidation sites excluding steroid dienone is 1. The fraction of sp³-hybridized carbons (Fsp3) is 0. The highest BCUT2D eigenvalue weighted by Gasteiger charge is 2.24. The molecular formula is C10H6O3. The van der Waals surface area contributed by atoms with Crippen molar-refractivity contribution in [3.8, 4) is 0 Å². The molecule has 13 heavy (non-hydrogen) atoms. The smallest absolute Gasteiger partial charge is 0.233 e. The molecule has 0 atom stereocenters. The number of rotatable bonds is 0. The molecule has 0 aromatic heterocycles. The molecule has 2 rings (SSSR count). The van der Waals surface area contributed by atoms with Gasteiger partial charge in [0, 0.05) is 17.2 Å². The van der Waals surface area contributed by atoms with Gasteiger partial charge in [-0.2, -0.15) is 0 Å². The molecule has 0 heterocycles. The topological polar surface area (TPSA) is 54.4 Å². The molecule has 1 aromatic carbocycles. The number of carbonyl (C=O) groups excluding carboxylic acids is 2. The lowest BCUT2D eigenvalue weighted by Gasteiger charge is -2.10. The number of Topliss-reactive ketones (excluding diaryl/α,β-unsaturated/α-hetero) is 1. The van der Waals surface area contributed by atoms with Gasteiger partial charge in [0.2, 0.25) is 11.6 Å². The third-order valence-electron chi connectivity index (χ3n) is 1.66. The van der Waals surface area contributed by atoms with E-state index in [0.717, 1.165) is 0 Å². The average molecular weight is 178 g/mol. The number of benzene rings is 1. The lowest BCUT2D eigenvalue weighted by molar-refractivity contribution is -0.111. The van der Waals surface area contributed by atoms with E-state index in [1.54, 1.807) is 0 Å². The van der Waals surface area contributed by atoms with E-state index >= 15 is 0 Å². The maximum atomic E-state index is 11.5. The largest absolute Gasteiger partial charge is 0.507 e. The highest BCUT2D eigenvalue weighted by atomic mass is 16.3. The summed E-state index contributed by atoms with van der Waals surface area (Å²) in [5, 5.41) is 9.51.